The van der Waals surface area contributed by atoms with Crippen molar-refractivity contribution in [2.45, 2.75) is 31.2 Å². The molecule has 1 saturated heterocycles. The standard InChI is InChI=1S/C15H24N4O3S/c1-15(2,3)17-14(20)19-10-8-18(9-11-19)12-4-6-13(7-5-12)23(16,21)22/h4-7H,8-11H2,1-3H3,(H,17,20)(H2,16,21,22). The number of urea groups is 1. The van der Waals surface area contributed by atoms with Crippen molar-refractivity contribution in [3.63, 3.8) is 0 Å². The number of hydrogen-bond donors (Lipinski definition) is 2. The first-order valence-corrected chi connectivity index (χ1v) is 9.06. The average Bonchev–Trinajstić information content (AvgIpc) is 2.45. The molecular weight excluding hydrogens is 316 g/mol. The lowest BCUT2D eigenvalue weighted by molar-refractivity contribution is 0.185. The van der Waals surface area contributed by atoms with Gasteiger partial charge in [0.15, 0.2) is 0 Å². The fraction of sp³-hybridized carbons (Fsp3) is 0.533. The van der Waals surface area contributed by atoms with Gasteiger partial charge in [-0.3, -0.25) is 0 Å². The molecular formula is C15H24N4O3S. The minimum absolute atomic E-state index is 0.0540. The van der Waals surface area contributed by atoms with Gasteiger partial charge < -0.3 is 15.1 Å². The highest BCUT2D eigenvalue weighted by Gasteiger charge is 2.24. The Morgan fingerprint density at radius 3 is 2.04 bits per heavy atom. The highest BCUT2D eigenvalue weighted by atomic mass is 32.2. The van der Waals surface area contributed by atoms with Crippen molar-refractivity contribution >= 4 is 21.7 Å². The van der Waals surface area contributed by atoms with E-state index in [1.54, 1.807) is 17.0 Å². The summed E-state index contributed by atoms with van der Waals surface area (Å²) in [5.74, 6) is 0. The summed E-state index contributed by atoms with van der Waals surface area (Å²) < 4.78 is 22.5. The summed E-state index contributed by atoms with van der Waals surface area (Å²) in [5, 5.41) is 8.05. The number of nitrogens with two attached hydrogens (primary N) is 1. The molecule has 1 aromatic carbocycles. The van der Waals surface area contributed by atoms with Crippen molar-refractivity contribution in [3.05, 3.63) is 24.3 Å². The molecule has 8 heteroatoms. The van der Waals surface area contributed by atoms with Crippen molar-refractivity contribution in [2.75, 3.05) is 31.1 Å². The summed E-state index contributed by atoms with van der Waals surface area (Å²) in [5.41, 5.74) is 0.672. The minimum Gasteiger partial charge on any atom is -0.368 e. The normalized spacial score (nSPS) is 16.3. The quantitative estimate of drug-likeness (QED) is 0.838. The number of amides is 2. The molecule has 23 heavy (non-hydrogen) atoms. The fourth-order valence-corrected chi connectivity index (χ4v) is 2.93. The lowest BCUT2D eigenvalue weighted by atomic mass is 10.1. The highest BCUT2D eigenvalue weighted by Crippen LogP contribution is 2.19. The number of primary sulfonamides is 1. The summed E-state index contributed by atoms with van der Waals surface area (Å²) >= 11 is 0. The average molecular weight is 340 g/mol. The smallest absolute Gasteiger partial charge is 0.317 e. The number of sulfonamides is 1. The number of anilines is 1. The molecule has 0 aliphatic carbocycles. The zero-order chi connectivity index (χ0) is 17.3. The van der Waals surface area contributed by atoms with Crippen LogP contribution in [0.1, 0.15) is 20.8 Å². The van der Waals surface area contributed by atoms with Gasteiger partial charge in [0.1, 0.15) is 0 Å². The molecule has 2 rings (SSSR count). The second-order valence-electron chi connectivity index (χ2n) is 6.69. The first-order chi connectivity index (χ1) is 10.6. The number of carbonyl (C=O) groups is 1. The van der Waals surface area contributed by atoms with Crippen molar-refractivity contribution in [1.29, 1.82) is 0 Å². The molecule has 1 aliphatic rings. The van der Waals surface area contributed by atoms with Crippen LogP contribution in [0.15, 0.2) is 29.2 Å². The van der Waals surface area contributed by atoms with Crippen molar-refractivity contribution < 1.29 is 13.2 Å². The summed E-state index contributed by atoms with van der Waals surface area (Å²) in [6, 6.07) is 6.43. The highest BCUT2D eigenvalue weighted by molar-refractivity contribution is 7.89. The number of benzene rings is 1. The van der Waals surface area contributed by atoms with Crippen LogP contribution in [0.2, 0.25) is 0 Å². The van der Waals surface area contributed by atoms with E-state index in [2.05, 4.69) is 10.2 Å². The first kappa shape index (κ1) is 17.6. The zero-order valence-corrected chi connectivity index (χ0v) is 14.6. The second kappa shape index (κ2) is 6.37. The lowest BCUT2D eigenvalue weighted by Gasteiger charge is -2.37. The molecule has 0 unspecified atom stereocenters. The topological polar surface area (TPSA) is 95.7 Å². The van der Waals surface area contributed by atoms with Crippen molar-refractivity contribution in [1.82, 2.24) is 10.2 Å². The SMILES string of the molecule is CC(C)(C)NC(=O)N1CCN(c2ccc(S(N)(=O)=O)cc2)CC1. The van der Waals surface area contributed by atoms with Gasteiger partial charge in [0.05, 0.1) is 4.90 Å². The predicted octanol–water partition coefficient (Wildman–Crippen LogP) is 0.964. The molecule has 1 aromatic rings. The third-order valence-electron chi connectivity index (χ3n) is 3.58. The number of hydrogen-bond acceptors (Lipinski definition) is 4. The molecule has 3 N–H and O–H groups in total. The molecule has 0 atom stereocenters. The van der Waals surface area contributed by atoms with Crippen LogP contribution in [-0.2, 0) is 10.0 Å². The molecule has 128 valence electrons. The van der Waals surface area contributed by atoms with Crippen LogP contribution in [0.4, 0.5) is 10.5 Å². The molecule has 0 radical (unpaired) electrons. The fourth-order valence-electron chi connectivity index (χ4n) is 2.41. The first-order valence-electron chi connectivity index (χ1n) is 7.51. The summed E-state index contributed by atoms with van der Waals surface area (Å²) in [6.07, 6.45) is 0. The van der Waals surface area contributed by atoms with E-state index >= 15 is 0 Å². The maximum Gasteiger partial charge on any atom is 0.317 e. The molecule has 7 nitrogen and oxygen atoms in total. The molecule has 1 heterocycles. The molecule has 2 amide bonds. The molecule has 0 bridgehead atoms. The van der Waals surface area contributed by atoms with E-state index in [1.165, 1.54) is 12.1 Å². The Morgan fingerprint density at radius 1 is 1.09 bits per heavy atom. The lowest BCUT2D eigenvalue weighted by Crippen LogP contribution is -2.55. The van der Waals surface area contributed by atoms with Gasteiger partial charge in [-0.15, -0.1) is 0 Å². The van der Waals surface area contributed by atoms with Gasteiger partial charge in [0, 0.05) is 37.4 Å². The van der Waals surface area contributed by atoms with Gasteiger partial charge in [0.25, 0.3) is 0 Å². The maximum absolute atomic E-state index is 12.1. The van der Waals surface area contributed by atoms with Gasteiger partial charge >= 0.3 is 6.03 Å². The Balaban J connectivity index is 1.95. The van der Waals surface area contributed by atoms with Gasteiger partial charge in [-0.25, -0.2) is 18.4 Å². The Kier molecular flexibility index (Phi) is 4.86. The predicted molar refractivity (Wildman–Crippen MR) is 89.9 cm³/mol. The van der Waals surface area contributed by atoms with Crippen LogP contribution in [0.3, 0.4) is 0 Å². The number of piperazine rings is 1. The number of rotatable bonds is 2. The Hall–Kier alpha value is -1.80. The third kappa shape index (κ3) is 4.84. The maximum atomic E-state index is 12.1. The van der Waals surface area contributed by atoms with E-state index in [0.717, 1.165) is 5.69 Å². The number of carbonyl (C=O) groups excluding carboxylic acids is 1. The van der Waals surface area contributed by atoms with Crippen LogP contribution in [0.5, 0.6) is 0 Å². The van der Waals surface area contributed by atoms with Crippen LogP contribution in [0, 0.1) is 0 Å². The monoisotopic (exact) mass is 340 g/mol. The van der Waals surface area contributed by atoms with E-state index in [-0.39, 0.29) is 16.5 Å². The van der Waals surface area contributed by atoms with E-state index in [4.69, 9.17) is 5.14 Å². The Morgan fingerprint density at radius 2 is 1.61 bits per heavy atom. The van der Waals surface area contributed by atoms with E-state index in [9.17, 15) is 13.2 Å². The summed E-state index contributed by atoms with van der Waals surface area (Å²) in [6.45, 7) is 8.51. The van der Waals surface area contributed by atoms with Crippen molar-refractivity contribution in [2.24, 2.45) is 5.14 Å². The second-order valence-corrected chi connectivity index (χ2v) is 8.25. The Bertz CT molecular complexity index is 657. The van der Waals surface area contributed by atoms with Crippen LogP contribution < -0.4 is 15.4 Å². The zero-order valence-electron chi connectivity index (χ0n) is 13.7. The molecule has 1 fully saturated rings. The number of nitrogens with zero attached hydrogens (tertiary/aromatic N) is 2. The van der Waals surface area contributed by atoms with Gasteiger partial charge in [0.2, 0.25) is 10.0 Å². The Labute approximate surface area is 137 Å². The van der Waals surface area contributed by atoms with Crippen LogP contribution in [0.25, 0.3) is 0 Å². The van der Waals surface area contributed by atoms with E-state index < -0.39 is 10.0 Å². The van der Waals surface area contributed by atoms with E-state index in [0.29, 0.717) is 26.2 Å². The molecule has 0 spiro atoms. The van der Waals surface area contributed by atoms with Gasteiger partial charge in [-0.2, -0.15) is 0 Å². The largest absolute Gasteiger partial charge is 0.368 e. The third-order valence-corrected chi connectivity index (χ3v) is 4.51. The molecule has 0 aromatic heterocycles. The van der Waals surface area contributed by atoms with Gasteiger partial charge in [-0.1, -0.05) is 0 Å². The van der Waals surface area contributed by atoms with Crippen molar-refractivity contribution in [3.8, 4) is 0 Å². The molecule has 1 aliphatic heterocycles. The van der Waals surface area contributed by atoms with Crippen LogP contribution in [-0.4, -0.2) is 51.1 Å². The number of nitrogens with one attached hydrogen (secondary N) is 1. The molecule has 0 saturated carbocycles. The summed E-state index contributed by atoms with van der Waals surface area (Å²) in [4.78, 5) is 16.1. The van der Waals surface area contributed by atoms with Gasteiger partial charge in [-0.05, 0) is 45.0 Å². The minimum atomic E-state index is -3.67. The summed E-state index contributed by atoms with van der Waals surface area (Å²) in [7, 11) is -3.67. The van der Waals surface area contributed by atoms with E-state index in [1.807, 2.05) is 20.8 Å². The van der Waals surface area contributed by atoms with Crippen LogP contribution >= 0.6 is 0 Å².